The third-order valence-corrected chi connectivity index (χ3v) is 7.37. The van der Waals surface area contributed by atoms with E-state index in [4.69, 9.17) is 14.2 Å². The summed E-state index contributed by atoms with van der Waals surface area (Å²) in [6.45, 7) is 6.33. The van der Waals surface area contributed by atoms with Gasteiger partial charge in [-0.25, -0.2) is 0 Å². The van der Waals surface area contributed by atoms with Gasteiger partial charge in [-0.05, 0) is 64.6 Å². The number of rotatable bonds is 10. The first-order valence-electron chi connectivity index (χ1n) is 13.8. The SMILES string of the molecule is O=[N+]([O-])c1cn2c(n1)OC(COc1ccc(N3CCN(Cc4ccc(OCc5ccncc5)cc4)CC3)cc1)CC2. The van der Waals surface area contributed by atoms with E-state index in [0.717, 1.165) is 49.8 Å². The number of aromatic nitrogens is 3. The van der Waals surface area contributed by atoms with Crippen LogP contribution in [0, 0.1) is 10.1 Å². The molecule has 212 valence electrons. The number of ether oxygens (including phenoxy) is 3. The summed E-state index contributed by atoms with van der Waals surface area (Å²) in [5.41, 5.74) is 3.56. The Kier molecular flexibility index (Phi) is 7.94. The summed E-state index contributed by atoms with van der Waals surface area (Å²) < 4.78 is 19.3. The Hall–Kier alpha value is -4.64. The van der Waals surface area contributed by atoms with Crippen molar-refractivity contribution in [2.45, 2.75) is 32.2 Å². The fourth-order valence-electron chi connectivity index (χ4n) is 5.04. The maximum absolute atomic E-state index is 10.9. The zero-order valence-electron chi connectivity index (χ0n) is 22.7. The number of aryl methyl sites for hydroxylation is 1. The van der Waals surface area contributed by atoms with Crippen LogP contribution in [0.2, 0.25) is 0 Å². The highest BCUT2D eigenvalue weighted by Gasteiger charge is 2.28. The lowest BCUT2D eigenvalue weighted by molar-refractivity contribution is -0.389. The third kappa shape index (κ3) is 6.75. The van der Waals surface area contributed by atoms with Gasteiger partial charge in [-0.3, -0.25) is 14.5 Å². The fourth-order valence-corrected chi connectivity index (χ4v) is 5.04. The molecule has 6 rings (SSSR count). The molecule has 1 saturated heterocycles. The largest absolute Gasteiger partial charge is 0.490 e. The number of anilines is 1. The third-order valence-electron chi connectivity index (χ3n) is 7.37. The van der Waals surface area contributed by atoms with Crippen LogP contribution in [0.4, 0.5) is 11.5 Å². The number of fused-ring (bicyclic) bond motifs is 1. The Morgan fingerprint density at radius 1 is 0.878 bits per heavy atom. The van der Waals surface area contributed by atoms with Gasteiger partial charge in [0.1, 0.15) is 37.0 Å². The maximum atomic E-state index is 10.9. The van der Waals surface area contributed by atoms with E-state index >= 15 is 0 Å². The molecule has 11 nitrogen and oxygen atoms in total. The van der Waals surface area contributed by atoms with Crippen LogP contribution < -0.4 is 19.1 Å². The zero-order valence-corrected chi connectivity index (χ0v) is 22.7. The molecule has 1 atom stereocenters. The zero-order chi connectivity index (χ0) is 28.0. The molecule has 2 aliphatic heterocycles. The molecule has 2 aromatic carbocycles. The summed E-state index contributed by atoms with van der Waals surface area (Å²) in [6, 6.07) is 20.7. The van der Waals surface area contributed by atoms with Crippen molar-refractivity contribution in [3.8, 4) is 17.5 Å². The number of pyridine rings is 1. The number of hydrogen-bond acceptors (Lipinski definition) is 9. The molecule has 0 amide bonds. The van der Waals surface area contributed by atoms with E-state index < -0.39 is 4.92 Å². The van der Waals surface area contributed by atoms with Crippen molar-refractivity contribution in [1.82, 2.24) is 19.4 Å². The normalized spacial score (nSPS) is 17.0. The van der Waals surface area contributed by atoms with Crippen molar-refractivity contribution in [2.75, 3.05) is 37.7 Å². The predicted molar refractivity (Wildman–Crippen MR) is 152 cm³/mol. The molecular formula is C30H32N6O5. The molecule has 0 radical (unpaired) electrons. The van der Waals surface area contributed by atoms with Crippen LogP contribution >= 0.6 is 0 Å². The van der Waals surface area contributed by atoms with Crippen LogP contribution in [0.1, 0.15) is 17.5 Å². The van der Waals surface area contributed by atoms with Gasteiger partial charge in [-0.2, -0.15) is 0 Å². The summed E-state index contributed by atoms with van der Waals surface area (Å²) in [5, 5.41) is 10.9. The maximum Gasteiger partial charge on any atom is 0.414 e. The second kappa shape index (κ2) is 12.3. The molecule has 4 heterocycles. The lowest BCUT2D eigenvalue weighted by Gasteiger charge is -2.36. The van der Waals surface area contributed by atoms with Crippen molar-refractivity contribution in [3.63, 3.8) is 0 Å². The Morgan fingerprint density at radius 3 is 2.32 bits per heavy atom. The first-order valence-corrected chi connectivity index (χ1v) is 13.8. The first kappa shape index (κ1) is 26.6. The quantitative estimate of drug-likeness (QED) is 0.208. The Bertz CT molecular complexity index is 1440. The van der Waals surface area contributed by atoms with Crippen LogP contribution in [-0.4, -0.2) is 63.2 Å². The van der Waals surface area contributed by atoms with Crippen molar-refractivity contribution >= 4 is 11.5 Å². The minimum atomic E-state index is -0.511. The van der Waals surface area contributed by atoms with Crippen LogP contribution in [0.15, 0.2) is 79.3 Å². The van der Waals surface area contributed by atoms with Gasteiger partial charge in [0.25, 0.3) is 0 Å². The van der Waals surface area contributed by atoms with Gasteiger partial charge in [-0.15, -0.1) is 0 Å². The topological polar surface area (TPSA) is 108 Å². The molecule has 0 aliphatic carbocycles. The highest BCUT2D eigenvalue weighted by molar-refractivity contribution is 5.49. The smallest absolute Gasteiger partial charge is 0.414 e. The van der Waals surface area contributed by atoms with E-state index in [0.29, 0.717) is 26.2 Å². The summed E-state index contributed by atoms with van der Waals surface area (Å²) in [4.78, 5) is 23.3. The van der Waals surface area contributed by atoms with Crippen LogP contribution in [0.5, 0.6) is 17.5 Å². The molecule has 11 heteroatoms. The minimum absolute atomic E-state index is 0.199. The van der Waals surface area contributed by atoms with Gasteiger partial charge < -0.3 is 29.2 Å². The van der Waals surface area contributed by atoms with Gasteiger partial charge >= 0.3 is 11.8 Å². The molecule has 0 N–H and O–H groups in total. The second-order valence-electron chi connectivity index (χ2n) is 10.2. The highest BCUT2D eigenvalue weighted by atomic mass is 16.6. The van der Waals surface area contributed by atoms with Gasteiger partial charge in [0.15, 0.2) is 0 Å². The summed E-state index contributed by atoms with van der Waals surface area (Å²) >= 11 is 0. The number of benzene rings is 2. The van der Waals surface area contributed by atoms with Crippen molar-refractivity contribution in [1.29, 1.82) is 0 Å². The number of nitrogens with zero attached hydrogens (tertiary/aromatic N) is 6. The van der Waals surface area contributed by atoms with Gasteiger partial charge in [0.05, 0.1) is 0 Å². The van der Waals surface area contributed by atoms with Crippen LogP contribution in [0.3, 0.4) is 0 Å². The standard InChI is InChI=1S/C30H32N6O5/c37-36(38)29-20-35-14-11-28(41-30(35)32-29)22-40-27-7-3-25(4-8-27)34-17-15-33(16-18-34)19-23-1-5-26(6-2-23)39-21-24-9-12-31-13-10-24/h1-10,12-13,20,28H,11,14-19,21-22H2. The van der Waals surface area contributed by atoms with E-state index in [9.17, 15) is 10.1 Å². The van der Waals surface area contributed by atoms with Crippen molar-refractivity contribution in [3.05, 3.63) is 100 Å². The van der Waals surface area contributed by atoms with Crippen LogP contribution in [-0.2, 0) is 19.7 Å². The number of nitro groups is 1. The lowest BCUT2D eigenvalue weighted by atomic mass is 10.1. The molecule has 4 aromatic rings. The highest BCUT2D eigenvalue weighted by Crippen LogP contribution is 2.26. The molecule has 2 aliphatic rings. The molecule has 0 spiro atoms. The predicted octanol–water partition coefficient (Wildman–Crippen LogP) is 4.32. The molecule has 0 saturated carbocycles. The van der Waals surface area contributed by atoms with E-state index in [1.165, 1.54) is 17.4 Å². The monoisotopic (exact) mass is 556 g/mol. The number of hydrogen-bond donors (Lipinski definition) is 0. The van der Waals surface area contributed by atoms with E-state index in [-0.39, 0.29) is 17.9 Å². The fraction of sp³-hybridized carbons (Fsp3) is 0.333. The van der Waals surface area contributed by atoms with E-state index in [2.05, 4.69) is 44.0 Å². The summed E-state index contributed by atoms with van der Waals surface area (Å²) in [6.07, 6.45) is 5.46. The molecule has 2 aromatic heterocycles. The lowest BCUT2D eigenvalue weighted by Crippen LogP contribution is -2.45. The Morgan fingerprint density at radius 2 is 1.59 bits per heavy atom. The van der Waals surface area contributed by atoms with Gasteiger partial charge in [-0.1, -0.05) is 12.1 Å². The first-order chi connectivity index (χ1) is 20.1. The van der Waals surface area contributed by atoms with Crippen LogP contribution in [0.25, 0.3) is 0 Å². The van der Waals surface area contributed by atoms with Crippen molar-refractivity contribution < 1.29 is 19.1 Å². The minimum Gasteiger partial charge on any atom is -0.490 e. The average molecular weight is 557 g/mol. The number of piperazine rings is 1. The van der Waals surface area contributed by atoms with E-state index in [1.54, 1.807) is 17.0 Å². The van der Waals surface area contributed by atoms with E-state index in [1.807, 2.05) is 36.4 Å². The molecule has 0 bridgehead atoms. The molecule has 1 unspecified atom stereocenters. The molecular weight excluding hydrogens is 524 g/mol. The Balaban J connectivity index is 0.927. The Labute approximate surface area is 238 Å². The molecule has 41 heavy (non-hydrogen) atoms. The van der Waals surface area contributed by atoms with Crippen molar-refractivity contribution in [2.24, 2.45) is 0 Å². The van der Waals surface area contributed by atoms with Gasteiger partial charge in [0, 0.05) is 68.8 Å². The summed E-state index contributed by atoms with van der Waals surface area (Å²) in [7, 11) is 0. The molecule has 1 fully saturated rings. The second-order valence-corrected chi connectivity index (χ2v) is 10.2. The van der Waals surface area contributed by atoms with Gasteiger partial charge in [0.2, 0.25) is 0 Å². The number of imidazole rings is 1. The average Bonchev–Trinajstić information content (AvgIpc) is 3.45. The summed E-state index contributed by atoms with van der Waals surface area (Å²) in [5.74, 6) is 1.44.